The number of aromatic amines is 1. The Hall–Kier alpha value is -1.99. The number of nitrogens with one attached hydrogen (secondary N) is 2. The maximum absolute atomic E-state index is 12.9. The molecular formula is C20H25N3O3S. The van der Waals surface area contributed by atoms with Crippen molar-refractivity contribution in [1.29, 1.82) is 0 Å². The van der Waals surface area contributed by atoms with E-state index in [2.05, 4.69) is 24.3 Å². The van der Waals surface area contributed by atoms with Gasteiger partial charge in [-0.2, -0.15) is 0 Å². The van der Waals surface area contributed by atoms with Gasteiger partial charge in [0.25, 0.3) is 5.56 Å². The van der Waals surface area contributed by atoms with Crippen molar-refractivity contribution in [3.63, 3.8) is 0 Å². The summed E-state index contributed by atoms with van der Waals surface area (Å²) in [6.45, 7) is 6.79. The first-order valence-corrected chi connectivity index (χ1v) is 10.4. The number of hydrogen-bond acceptors (Lipinski definition) is 4. The first kappa shape index (κ1) is 18.4. The number of H-pyrrole nitrogens is 1. The highest BCUT2D eigenvalue weighted by molar-refractivity contribution is 8.00. The lowest BCUT2D eigenvalue weighted by Gasteiger charge is -2.36. The Bertz CT molecular complexity index is 914. The number of aromatic nitrogens is 2. The summed E-state index contributed by atoms with van der Waals surface area (Å²) in [5.74, 6) is 0.865. The van der Waals surface area contributed by atoms with E-state index < -0.39 is 0 Å². The number of fused-ring (bicyclic) bond motifs is 1. The fourth-order valence-electron chi connectivity index (χ4n) is 3.94. The van der Waals surface area contributed by atoms with E-state index in [1.807, 2.05) is 35.9 Å². The highest BCUT2D eigenvalue weighted by Gasteiger charge is 2.35. The first-order valence-electron chi connectivity index (χ1n) is 9.30. The minimum Gasteiger partial charge on any atom is -0.375 e. The van der Waals surface area contributed by atoms with Crippen LogP contribution in [-0.4, -0.2) is 33.6 Å². The molecule has 2 aliphatic heterocycles. The Labute approximate surface area is 162 Å². The molecule has 2 aromatic rings. The van der Waals surface area contributed by atoms with Crippen LogP contribution < -0.4 is 10.9 Å². The average molecular weight is 388 g/mol. The quantitative estimate of drug-likeness (QED) is 0.828. The third-order valence-corrected chi connectivity index (χ3v) is 6.55. The van der Waals surface area contributed by atoms with Gasteiger partial charge in [-0.3, -0.25) is 19.4 Å². The fraction of sp³-hybridized carbons (Fsp3) is 0.500. The van der Waals surface area contributed by atoms with Gasteiger partial charge in [0.05, 0.1) is 28.2 Å². The summed E-state index contributed by atoms with van der Waals surface area (Å²) in [6, 6.07) is 8.26. The van der Waals surface area contributed by atoms with Gasteiger partial charge in [-0.15, -0.1) is 11.8 Å². The molecule has 4 rings (SSSR count). The standard InChI is InChI=1S/C20H25N3O3S/c1-12-4-6-13(7-5-12)17-16-18(21-15(24)11-27-17)23(22-19(16)25)14-8-9-26-20(2,3)10-14/h4-7,14,17H,8-11H2,1-3H3,(H,21,24)(H,22,25)/t14-,17+/m1/s1. The van der Waals surface area contributed by atoms with Crippen LogP contribution in [0.5, 0.6) is 0 Å². The molecule has 2 aliphatic rings. The van der Waals surface area contributed by atoms with Crippen LogP contribution in [0.3, 0.4) is 0 Å². The van der Waals surface area contributed by atoms with Gasteiger partial charge in [0.15, 0.2) is 0 Å². The minimum absolute atomic E-state index is 0.0741. The molecule has 1 saturated heterocycles. The number of ether oxygens (including phenoxy) is 1. The number of anilines is 1. The predicted molar refractivity (Wildman–Crippen MR) is 107 cm³/mol. The van der Waals surface area contributed by atoms with Gasteiger partial charge in [-0.25, -0.2) is 0 Å². The summed E-state index contributed by atoms with van der Waals surface area (Å²) >= 11 is 1.50. The number of hydrogen-bond donors (Lipinski definition) is 2. The molecule has 0 radical (unpaired) electrons. The predicted octanol–water partition coefficient (Wildman–Crippen LogP) is 3.39. The normalized spacial score (nSPS) is 24.8. The van der Waals surface area contributed by atoms with Crippen molar-refractivity contribution in [2.24, 2.45) is 0 Å². The Morgan fingerprint density at radius 2 is 1.96 bits per heavy atom. The number of thioether (sulfide) groups is 1. The number of benzene rings is 1. The molecule has 27 heavy (non-hydrogen) atoms. The molecule has 0 spiro atoms. The van der Waals surface area contributed by atoms with Crippen molar-refractivity contribution in [2.75, 3.05) is 17.7 Å². The molecule has 1 aromatic carbocycles. The maximum atomic E-state index is 12.9. The Morgan fingerprint density at radius 3 is 2.67 bits per heavy atom. The zero-order valence-corrected chi connectivity index (χ0v) is 16.7. The van der Waals surface area contributed by atoms with Crippen LogP contribution >= 0.6 is 11.8 Å². The van der Waals surface area contributed by atoms with Crippen molar-refractivity contribution in [1.82, 2.24) is 9.78 Å². The number of nitrogens with zero attached hydrogens (tertiary/aromatic N) is 1. The molecule has 1 fully saturated rings. The molecule has 1 amide bonds. The minimum atomic E-state index is -0.253. The fourth-order valence-corrected chi connectivity index (χ4v) is 5.07. The van der Waals surface area contributed by atoms with Crippen LogP contribution in [0.2, 0.25) is 0 Å². The van der Waals surface area contributed by atoms with Crippen molar-refractivity contribution >= 4 is 23.5 Å². The zero-order chi connectivity index (χ0) is 19.2. The smallest absolute Gasteiger partial charge is 0.270 e. The molecule has 0 aliphatic carbocycles. The molecule has 0 saturated carbocycles. The van der Waals surface area contributed by atoms with Gasteiger partial charge in [-0.1, -0.05) is 29.8 Å². The molecule has 1 aromatic heterocycles. The first-order chi connectivity index (χ1) is 12.8. The molecule has 7 heteroatoms. The maximum Gasteiger partial charge on any atom is 0.270 e. The molecule has 0 unspecified atom stereocenters. The summed E-state index contributed by atoms with van der Waals surface area (Å²) in [7, 11) is 0. The average Bonchev–Trinajstić information content (AvgIpc) is 2.81. The van der Waals surface area contributed by atoms with Gasteiger partial charge in [0, 0.05) is 6.61 Å². The van der Waals surface area contributed by atoms with E-state index in [0.717, 1.165) is 18.4 Å². The van der Waals surface area contributed by atoms with Crippen LogP contribution in [-0.2, 0) is 9.53 Å². The van der Waals surface area contributed by atoms with Crippen LogP contribution in [0.25, 0.3) is 0 Å². The lowest BCUT2D eigenvalue weighted by Crippen LogP contribution is -2.36. The summed E-state index contributed by atoms with van der Waals surface area (Å²) < 4.78 is 7.69. The van der Waals surface area contributed by atoms with Gasteiger partial charge < -0.3 is 10.1 Å². The van der Waals surface area contributed by atoms with Gasteiger partial charge >= 0.3 is 0 Å². The molecular weight excluding hydrogens is 362 g/mol. The van der Waals surface area contributed by atoms with Gasteiger partial charge in [0.1, 0.15) is 5.82 Å². The van der Waals surface area contributed by atoms with E-state index in [9.17, 15) is 9.59 Å². The number of aryl methyl sites for hydroxylation is 1. The van der Waals surface area contributed by atoms with Crippen LogP contribution in [0.15, 0.2) is 29.1 Å². The summed E-state index contributed by atoms with van der Waals surface area (Å²) in [5, 5.41) is 5.81. The monoisotopic (exact) mass is 387 g/mol. The number of amides is 1. The Balaban J connectivity index is 1.80. The van der Waals surface area contributed by atoms with Crippen LogP contribution in [0.4, 0.5) is 5.82 Å². The molecule has 2 atom stereocenters. The van der Waals surface area contributed by atoms with Crippen molar-refractivity contribution in [2.45, 2.75) is 50.5 Å². The second kappa shape index (κ2) is 6.87. The van der Waals surface area contributed by atoms with E-state index in [4.69, 9.17) is 4.74 Å². The summed E-state index contributed by atoms with van der Waals surface area (Å²) in [5.41, 5.74) is 2.46. The lowest BCUT2D eigenvalue weighted by molar-refractivity contribution is -0.113. The highest BCUT2D eigenvalue weighted by atomic mass is 32.2. The molecule has 144 valence electrons. The van der Waals surface area contributed by atoms with E-state index >= 15 is 0 Å². The summed E-state index contributed by atoms with van der Waals surface area (Å²) in [6.07, 6.45) is 1.58. The second-order valence-corrected chi connectivity index (χ2v) is 9.07. The van der Waals surface area contributed by atoms with E-state index in [1.54, 1.807) is 0 Å². The molecule has 6 nitrogen and oxygen atoms in total. The van der Waals surface area contributed by atoms with Crippen molar-refractivity contribution < 1.29 is 9.53 Å². The van der Waals surface area contributed by atoms with Crippen LogP contribution in [0, 0.1) is 6.92 Å². The second-order valence-electron chi connectivity index (χ2n) is 7.98. The zero-order valence-electron chi connectivity index (χ0n) is 15.9. The number of rotatable bonds is 2. The number of carbonyl (C=O) groups is 1. The molecule has 3 heterocycles. The van der Waals surface area contributed by atoms with E-state index in [0.29, 0.717) is 23.7 Å². The Kier molecular flexibility index (Phi) is 4.68. The van der Waals surface area contributed by atoms with Crippen molar-refractivity contribution in [3.05, 3.63) is 51.3 Å². The van der Waals surface area contributed by atoms with Gasteiger partial charge in [0.2, 0.25) is 5.91 Å². The largest absolute Gasteiger partial charge is 0.375 e. The molecule has 0 bridgehead atoms. The van der Waals surface area contributed by atoms with Crippen molar-refractivity contribution in [3.8, 4) is 0 Å². The van der Waals surface area contributed by atoms with E-state index in [-0.39, 0.29) is 28.4 Å². The lowest BCUT2D eigenvalue weighted by atomic mass is 9.94. The third kappa shape index (κ3) is 3.58. The highest BCUT2D eigenvalue weighted by Crippen LogP contribution is 2.42. The Morgan fingerprint density at radius 1 is 1.22 bits per heavy atom. The topological polar surface area (TPSA) is 76.1 Å². The van der Waals surface area contributed by atoms with Gasteiger partial charge in [-0.05, 0) is 39.2 Å². The number of carbonyl (C=O) groups excluding carboxylic acids is 1. The SMILES string of the molecule is Cc1ccc([C@@H]2SCC(=O)Nc3c2c(=O)[nH]n3[C@@H]2CCOC(C)(C)C2)cc1. The third-order valence-electron chi connectivity index (χ3n) is 5.28. The van der Waals surface area contributed by atoms with Crippen LogP contribution in [0.1, 0.15) is 54.7 Å². The van der Waals surface area contributed by atoms with E-state index in [1.165, 1.54) is 17.3 Å². The molecule has 2 N–H and O–H groups in total. The summed E-state index contributed by atoms with van der Waals surface area (Å²) in [4.78, 5) is 25.3.